The Morgan fingerprint density at radius 1 is 1.24 bits per heavy atom. The highest BCUT2D eigenvalue weighted by Crippen LogP contribution is 2.41. The number of esters is 3. The van der Waals surface area contributed by atoms with E-state index in [1.54, 1.807) is 38.3 Å². The number of hydrogen-bond donors (Lipinski definition) is 1. The molecule has 0 radical (unpaired) electrons. The maximum atomic E-state index is 12.6. The third kappa shape index (κ3) is 4.01. The van der Waals surface area contributed by atoms with Crippen molar-refractivity contribution in [1.29, 1.82) is 0 Å². The highest BCUT2D eigenvalue weighted by atomic mass is 16.6. The number of ether oxygens (including phenoxy) is 3. The molecule has 2 aliphatic heterocycles. The van der Waals surface area contributed by atoms with Gasteiger partial charge in [-0.2, -0.15) is 0 Å². The van der Waals surface area contributed by atoms with E-state index in [0.717, 1.165) is 11.6 Å². The van der Waals surface area contributed by atoms with Crippen molar-refractivity contribution in [3.63, 3.8) is 0 Å². The highest BCUT2D eigenvalue weighted by molar-refractivity contribution is 5.98. The van der Waals surface area contributed by atoms with E-state index in [1.807, 2.05) is 12.1 Å². The van der Waals surface area contributed by atoms with Crippen LogP contribution >= 0.6 is 0 Å². The van der Waals surface area contributed by atoms with Gasteiger partial charge >= 0.3 is 17.9 Å². The van der Waals surface area contributed by atoms with Gasteiger partial charge in [0, 0.05) is 6.20 Å². The van der Waals surface area contributed by atoms with Crippen LogP contribution in [0, 0.1) is 0 Å². The Morgan fingerprint density at radius 3 is 2.62 bits per heavy atom. The van der Waals surface area contributed by atoms with Gasteiger partial charge in [-0.3, -0.25) is 0 Å². The van der Waals surface area contributed by atoms with E-state index in [9.17, 15) is 19.5 Å². The minimum Gasteiger partial charge on any atom is -0.508 e. The van der Waals surface area contributed by atoms with Crippen molar-refractivity contribution in [2.24, 2.45) is 0 Å². The third-order valence-electron chi connectivity index (χ3n) is 4.43. The molecule has 0 saturated heterocycles. The van der Waals surface area contributed by atoms with Crippen molar-refractivity contribution in [3.8, 4) is 0 Å². The highest BCUT2D eigenvalue weighted by Gasteiger charge is 2.40. The van der Waals surface area contributed by atoms with Crippen LogP contribution in [0.4, 0.5) is 0 Å². The first-order chi connectivity index (χ1) is 14.0. The number of nitrogens with zero attached hydrogens (tertiary/aromatic N) is 1. The van der Waals surface area contributed by atoms with E-state index in [1.165, 1.54) is 4.90 Å². The maximum Gasteiger partial charge on any atom is 0.355 e. The SMILES string of the molecule is CCOC(=O)/C=C(\C(=O)OCC)N1C=Cc2ccccc2C1C1=C(O)COC1=O. The van der Waals surface area contributed by atoms with Gasteiger partial charge in [-0.25, -0.2) is 14.4 Å². The number of benzene rings is 1. The second-order valence-corrected chi connectivity index (χ2v) is 6.19. The average Bonchev–Trinajstić information content (AvgIpc) is 3.04. The Morgan fingerprint density at radius 2 is 1.97 bits per heavy atom. The van der Waals surface area contributed by atoms with E-state index in [2.05, 4.69) is 0 Å². The van der Waals surface area contributed by atoms with Crippen LogP contribution in [-0.4, -0.2) is 47.7 Å². The lowest BCUT2D eigenvalue weighted by molar-refractivity contribution is -0.142. The summed E-state index contributed by atoms with van der Waals surface area (Å²) in [7, 11) is 0. The lowest BCUT2D eigenvalue weighted by Gasteiger charge is -2.35. The third-order valence-corrected chi connectivity index (χ3v) is 4.43. The summed E-state index contributed by atoms with van der Waals surface area (Å²) < 4.78 is 15.0. The zero-order valence-electron chi connectivity index (χ0n) is 16.1. The van der Waals surface area contributed by atoms with Gasteiger partial charge in [0.15, 0.2) is 0 Å². The number of hydrogen-bond acceptors (Lipinski definition) is 8. The first kappa shape index (κ1) is 20.2. The normalized spacial score (nSPS) is 18.4. The van der Waals surface area contributed by atoms with Gasteiger partial charge in [-0.1, -0.05) is 24.3 Å². The Labute approximate surface area is 167 Å². The van der Waals surface area contributed by atoms with Gasteiger partial charge < -0.3 is 24.2 Å². The molecule has 1 atom stereocenters. The molecule has 1 aromatic carbocycles. The van der Waals surface area contributed by atoms with Gasteiger partial charge in [0.25, 0.3) is 0 Å². The van der Waals surface area contributed by atoms with Crippen molar-refractivity contribution in [1.82, 2.24) is 4.90 Å². The molecular weight excluding hydrogens is 378 g/mol. The van der Waals surface area contributed by atoms with Crippen molar-refractivity contribution < 1.29 is 33.7 Å². The van der Waals surface area contributed by atoms with Gasteiger partial charge in [-0.05, 0) is 31.1 Å². The molecule has 0 fully saturated rings. The Hall–Kier alpha value is -3.55. The van der Waals surface area contributed by atoms with Gasteiger partial charge in [0.2, 0.25) is 0 Å². The lowest BCUT2D eigenvalue weighted by atomic mass is 9.90. The van der Waals surface area contributed by atoms with Crippen LogP contribution in [0.1, 0.15) is 31.0 Å². The van der Waals surface area contributed by atoms with E-state index in [0.29, 0.717) is 5.56 Å². The number of carbonyl (C=O) groups is 3. The number of aliphatic hydroxyl groups excluding tert-OH is 1. The molecule has 152 valence electrons. The summed E-state index contributed by atoms with van der Waals surface area (Å²) in [5, 5.41) is 10.3. The molecule has 1 aromatic rings. The number of rotatable bonds is 6. The lowest BCUT2D eigenvalue weighted by Crippen LogP contribution is -2.34. The number of carbonyl (C=O) groups excluding carboxylic acids is 3. The van der Waals surface area contributed by atoms with Gasteiger partial charge in [-0.15, -0.1) is 0 Å². The predicted octanol–water partition coefficient (Wildman–Crippen LogP) is 2.39. The minimum absolute atomic E-state index is 0.000794. The molecule has 8 heteroatoms. The summed E-state index contributed by atoms with van der Waals surface area (Å²) in [6, 6.07) is 6.34. The van der Waals surface area contributed by atoms with E-state index in [-0.39, 0.29) is 36.8 Å². The number of cyclic esters (lactones) is 1. The number of aliphatic hydroxyl groups is 1. The molecule has 0 amide bonds. The minimum atomic E-state index is -0.878. The fraction of sp³-hybridized carbons (Fsp3) is 0.286. The van der Waals surface area contributed by atoms with Crippen LogP contribution in [0.2, 0.25) is 0 Å². The zero-order chi connectivity index (χ0) is 21.0. The monoisotopic (exact) mass is 399 g/mol. The van der Waals surface area contributed by atoms with E-state index in [4.69, 9.17) is 14.2 Å². The van der Waals surface area contributed by atoms with Crippen LogP contribution in [0.25, 0.3) is 6.08 Å². The largest absolute Gasteiger partial charge is 0.508 e. The molecule has 1 N–H and O–H groups in total. The smallest absolute Gasteiger partial charge is 0.355 e. The van der Waals surface area contributed by atoms with Crippen molar-refractivity contribution in [2.75, 3.05) is 19.8 Å². The number of fused-ring (bicyclic) bond motifs is 1. The molecule has 0 saturated carbocycles. The topological polar surface area (TPSA) is 102 Å². The van der Waals surface area contributed by atoms with Crippen LogP contribution in [0.15, 0.2) is 53.6 Å². The fourth-order valence-electron chi connectivity index (χ4n) is 3.24. The first-order valence-corrected chi connectivity index (χ1v) is 9.18. The standard InChI is InChI=1S/C21H21NO7/c1-3-27-17(24)11-15(20(25)28-4-2)22-10-9-13-7-5-6-8-14(13)19(22)18-16(23)12-29-21(18)26/h5-11,19,23H,3-4,12H2,1-2H3/b15-11+. The fourth-order valence-corrected chi connectivity index (χ4v) is 3.24. The molecule has 0 spiro atoms. The second kappa shape index (κ2) is 8.64. The zero-order valence-corrected chi connectivity index (χ0v) is 16.1. The Bertz CT molecular complexity index is 929. The summed E-state index contributed by atoms with van der Waals surface area (Å²) in [5.41, 5.74) is 1.34. The molecule has 1 unspecified atom stereocenters. The van der Waals surface area contributed by atoms with Crippen LogP contribution in [0.5, 0.6) is 0 Å². The second-order valence-electron chi connectivity index (χ2n) is 6.19. The summed E-state index contributed by atoms with van der Waals surface area (Å²) in [6.07, 6.45) is 4.31. The van der Waals surface area contributed by atoms with Crippen LogP contribution in [-0.2, 0) is 28.6 Å². The molecule has 0 aliphatic carbocycles. The maximum absolute atomic E-state index is 12.6. The van der Waals surface area contributed by atoms with Crippen LogP contribution in [0.3, 0.4) is 0 Å². The van der Waals surface area contributed by atoms with Gasteiger partial charge in [0.1, 0.15) is 23.6 Å². The molecule has 2 aliphatic rings. The van der Waals surface area contributed by atoms with Crippen molar-refractivity contribution in [3.05, 3.63) is 64.7 Å². The Kier molecular flexibility index (Phi) is 6.01. The molecule has 8 nitrogen and oxygen atoms in total. The molecule has 0 bridgehead atoms. The average molecular weight is 399 g/mol. The van der Waals surface area contributed by atoms with E-state index < -0.39 is 23.9 Å². The summed E-state index contributed by atoms with van der Waals surface area (Å²) in [6.45, 7) is 3.26. The summed E-state index contributed by atoms with van der Waals surface area (Å²) in [5.74, 6) is -2.41. The molecule has 0 aromatic heterocycles. The van der Waals surface area contributed by atoms with Crippen molar-refractivity contribution >= 4 is 24.0 Å². The molecular formula is C21H21NO7. The molecule has 3 rings (SSSR count). The molecule has 2 heterocycles. The van der Waals surface area contributed by atoms with Crippen LogP contribution < -0.4 is 0 Å². The van der Waals surface area contributed by atoms with Gasteiger partial charge in [0.05, 0.1) is 25.3 Å². The Balaban J connectivity index is 2.15. The first-order valence-electron chi connectivity index (χ1n) is 9.18. The summed E-state index contributed by atoms with van der Waals surface area (Å²) in [4.78, 5) is 38.5. The van der Waals surface area contributed by atoms with E-state index >= 15 is 0 Å². The summed E-state index contributed by atoms with van der Waals surface area (Å²) >= 11 is 0. The van der Waals surface area contributed by atoms with Crippen molar-refractivity contribution in [2.45, 2.75) is 19.9 Å². The predicted molar refractivity (Wildman–Crippen MR) is 102 cm³/mol. The molecule has 29 heavy (non-hydrogen) atoms. The quantitative estimate of drug-likeness (QED) is 0.442.